The number of fused-ring (bicyclic) bond motifs is 2. The van der Waals surface area contributed by atoms with Crippen molar-refractivity contribution in [3.8, 4) is 11.5 Å². The van der Waals surface area contributed by atoms with Crippen LogP contribution in [-0.2, 0) is 9.47 Å². The van der Waals surface area contributed by atoms with Gasteiger partial charge in [0.25, 0.3) is 0 Å². The van der Waals surface area contributed by atoms with Crippen molar-refractivity contribution in [2.45, 2.75) is 9.79 Å². The lowest BCUT2D eigenvalue weighted by Gasteiger charge is -2.19. The third-order valence-corrected chi connectivity index (χ3v) is 6.02. The van der Waals surface area contributed by atoms with E-state index in [4.69, 9.17) is 18.9 Å². The summed E-state index contributed by atoms with van der Waals surface area (Å²) in [4.78, 5) is 2.30. The lowest BCUT2D eigenvalue weighted by Crippen LogP contribution is -2.07. The molecule has 4 aromatic rings. The smallest absolute Gasteiger partial charge is 0.136 e. The summed E-state index contributed by atoms with van der Waals surface area (Å²) in [6, 6.07) is 24.9. The first-order chi connectivity index (χ1) is 15.3. The van der Waals surface area contributed by atoms with E-state index in [2.05, 4.69) is 54.6 Å². The van der Waals surface area contributed by atoms with Crippen molar-refractivity contribution in [2.75, 3.05) is 40.6 Å². The highest BCUT2D eigenvalue weighted by atomic mass is 32.2. The van der Waals surface area contributed by atoms with Crippen molar-refractivity contribution in [3.63, 3.8) is 0 Å². The summed E-state index contributed by atoms with van der Waals surface area (Å²) in [6.45, 7) is 2.01. The summed E-state index contributed by atoms with van der Waals surface area (Å²) in [5.41, 5.74) is 0. The molecule has 4 nitrogen and oxygen atoms in total. The van der Waals surface area contributed by atoms with Gasteiger partial charge >= 0.3 is 0 Å². The first-order valence-corrected chi connectivity index (χ1v) is 11.1. The maximum Gasteiger partial charge on any atom is 0.136 e. The Bertz CT molecular complexity index is 1140. The SMILES string of the molecule is COCCOc1c2ccccc2c(OCCOC)c2c(Sc3ccccc3)cccc12. The normalized spacial score (nSPS) is 11.2. The highest BCUT2D eigenvalue weighted by Gasteiger charge is 2.19. The minimum Gasteiger partial charge on any atom is -0.490 e. The summed E-state index contributed by atoms with van der Waals surface area (Å²) < 4.78 is 23.0. The Balaban J connectivity index is 1.94. The molecule has 0 amide bonds. The summed E-state index contributed by atoms with van der Waals surface area (Å²) in [5, 5.41) is 4.14. The molecular formula is C26H26O4S. The number of hydrogen-bond acceptors (Lipinski definition) is 5. The molecule has 31 heavy (non-hydrogen) atoms. The molecule has 0 aliphatic rings. The fourth-order valence-electron chi connectivity index (χ4n) is 3.57. The second-order valence-electron chi connectivity index (χ2n) is 6.98. The number of hydrogen-bond donors (Lipinski definition) is 0. The minimum absolute atomic E-state index is 0.476. The van der Waals surface area contributed by atoms with Gasteiger partial charge in [0.05, 0.1) is 13.2 Å². The van der Waals surface area contributed by atoms with Crippen LogP contribution in [-0.4, -0.2) is 40.6 Å². The van der Waals surface area contributed by atoms with Crippen molar-refractivity contribution in [1.82, 2.24) is 0 Å². The number of methoxy groups -OCH3 is 2. The van der Waals surface area contributed by atoms with Crippen LogP contribution in [0, 0.1) is 0 Å². The molecule has 0 atom stereocenters. The van der Waals surface area contributed by atoms with Gasteiger partial charge in [0.1, 0.15) is 24.7 Å². The fraction of sp³-hybridized carbons (Fsp3) is 0.231. The zero-order chi connectivity index (χ0) is 21.5. The third kappa shape index (κ3) is 4.79. The summed E-state index contributed by atoms with van der Waals surface area (Å²) in [5.74, 6) is 1.72. The summed E-state index contributed by atoms with van der Waals surface area (Å²) in [7, 11) is 3.36. The lowest BCUT2D eigenvalue weighted by atomic mass is 10.0. The molecule has 0 spiro atoms. The molecule has 0 aromatic heterocycles. The molecule has 0 aliphatic carbocycles. The van der Waals surface area contributed by atoms with Crippen molar-refractivity contribution in [2.24, 2.45) is 0 Å². The molecule has 0 fully saturated rings. The molecule has 0 unspecified atom stereocenters. The number of benzene rings is 4. The van der Waals surface area contributed by atoms with E-state index in [0.29, 0.717) is 26.4 Å². The summed E-state index contributed by atoms with van der Waals surface area (Å²) >= 11 is 1.72. The van der Waals surface area contributed by atoms with Gasteiger partial charge in [0.15, 0.2) is 0 Å². The van der Waals surface area contributed by atoms with E-state index in [1.807, 2.05) is 18.2 Å². The molecule has 0 saturated heterocycles. The van der Waals surface area contributed by atoms with Gasteiger partial charge in [-0.25, -0.2) is 0 Å². The van der Waals surface area contributed by atoms with E-state index in [9.17, 15) is 0 Å². The Morgan fingerprint density at radius 3 is 1.84 bits per heavy atom. The second-order valence-corrected chi connectivity index (χ2v) is 8.10. The van der Waals surface area contributed by atoms with Crippen molar-refractivity contribution in [3.05, 3.63) is 72.8 Å². The van der Waals surface area contributed by atoms with E-state index in [1.165, 1.54) is 4.90 Å². The topological polar surface area (TPSA) is 36.9 Å². The van der Waals surface area contributed by atoms with E-state index < -0.39 is 0 Å². The molecule has 0 saturated carbocycles. The Morgan fingerprint density at radius 2 is 1.16 bits per heavy atom. The quantitative estimate of drug-likeness (QED) is 0.220. The Hall–Kier alpha value is -2.73. The van der Waals surface area contributed by atoms with Crippen LogP contribution in [0.25, 0.3) is 21.5 Å². The first-order valence-electron chi connectivity index (χ1n) is 10.3. The van der Waals surface area contributed by atoms with E-state index in [1.54, 1.807) is 26.0 Å². The van der Waals surface area contributed by atoms with Crippen LogP contribution in [0.4, 0.5) is 0 Å². The van der Waals surface area contributed by atoms with Gasteiger partial charge in [-0.05, 0) is 18.2 Å². The van der Waals surface area contributed by atoms with E-state index >= 15 is 0 Å². The molecule has 0 radical (unpaired) electrons. The van der Waals surface area contributed by atoms with Gasteiger partial charge in [-0.2, -0.15) is 0 Å². The average molecular weight is 435 g/mol. The fourth-order valence-corrected chi connectivity index (χ4v) is 4.57. The highest BCUT2D eigenvalue weighted by molar-refractivity contribution is 7.99. The van der Waals surface area contributed by atoms with Crippen molar-refractivity contribution in [1.29, 1.82) is 0 Å². The minimum atomic E-state index is 0.476. The van der Waals surface area contributed by atoms with Crippen LogP contribution >= 0.6 is 11.8 Å². The van der Waals surface area contributed by atoms with E-state index in [-0.39, 0.29) is 0 Å². The van der Waals surface area contributed by atoms with Crippen LogP contribution in [0.1, 0.15) is 0 Å². The van der Waals surface area contributed by atoms with Gasteiger partial charge in [0, 0.05) is 45.6 Å². The van der Waals surface area contributed by atoms with Crippen LogP contribution < -0.4 is 9.47 Å². The van der Waals surface area contributed by atoms with Gasteiger partial charge in [-0.3, -0.25) is 0 Å². The average Bonchev–Trinajstić information content (AvgIpc) is 2.81. The van der Waals surface area contributed by atoms with Crippen LogP contribution in [0.5, 0.6) is 11.5 Å². The first kappa shape index (κ1) is 21.5. The maximum atomic E-state index is 6.31. The Morgan fingerprint density at radius 1 is 0.581 bits per heavy atom. The molecular weight excluding hydrogens is 408 g/mol. The molecule has 4 aromatic carbocycles. The second kappa shape index (κ2) is 10.5. The van der Waals surface area contributed by atoms with Gasteiger partial charge in [-0.1, -0.05) is 66.4 Å². The number of rotatable bonds is 10. The molecule has 5 heteroatoms. The van der Waals surface area contributed by atoms with Crippen LogP contribution in [0.3, 0.4) is 0 Å². The molecule has 0 aliphatic heterocycles. The standard InChI is InChI=1S/C26H26O4S/c1-27-15-17-29-25-20-11-6-7-12-21(20)26(30-18-16-28-2)24-22(25)13-8-14-23(24)31-19-9-4-3-5-10-19/h3-14H,15-18H2,1-2H3. The molecule has 0 heterocycles. The van der Waals surface area contributed by atoms with Crippen LogP contribution in [0.2, 0.25) is 0 Å². The van der Waals surface area contributed by atoms with Crippen molar-refractivity contribution >= 4 is 33.3 Å². The molecule has 4 rings (SSSR count). The van der Waals surface area contributed by atoms with E-state index in [0.717, 1.165) is 37.9 Å². The monoisotopic (exact) mass is 434 g/mol. The van der Waals surface area contributed by atoms with Gasteiger partial charge < -0.3 is 18.9 Å². The maximum absolute atomic E-state index is 6.31. The molecule has 0 bridgehead atoms. The third-order valence-electron chi connectivity index (χ3n) is 4.95. The Kier molecular flexibility index (Phi) is 7.30. The van der Waals surface area contributed by atoms with Crippen molar-refractivity contribution < 1.29 is 18.9 Å². The predicted molar refractivity (Wildman–Crippen MR) is 127 cm³/mol. The molecule has 160 valence electrons. The number of ether oxygens (including phenoxy) is 4. The highest BCUT2D eigenvalue weighted by Crippen LogP contribution is 2.47. The lowest BCUT2D eigenvalue weighted by molar-refractivity contribution is 0.147. The van der Waals surface area contributed by atoms with Gasteiger partial charge in [-0.15, -0.1) is 0 Å². The molecule has 0 N–H and O–H groups in total. The zero-order valence-corrected chi connectivity index (χ0v) is 18.6. The predicted octanol–water partition coefficient (Wildman–Crippen LogP) is 6.19. The zero-order valence-electron chi connectivity index (χ0n) is 17.8. The van der Waals surface area contributed by atoms with Crippen LogP contribution in [0.15, 0.2) is 82.6 Å². The van der Waals surface area contributed by atoms with Gasteiger partial charge in [0.2, 0.25) is 0 Å². The summed E-state index contributed by atoms with van der Waals surface area (Å²) in [6.07, 6.45) is 0. The largest absolute Gasteiger partial charge is 0.490 e. The Labute approximate surface area is 187 Å².